The molecule has 1 aliphatic heterocycles. The van der Waals surface area contributed by atoms with E-state index in [1.807, 2.05) is 0 Å². The first-order valence-electron chi connectivity index (χ1n) is 8.49. The summed E-state index contributed by atoms with van der Waals surface area (Å²) in [5.74, 6) is -0.303. The van der Waals surface area contributed by atoms with E-state index < -0.39 is 10.9 Å². The maximum Gasteiger partial charge on any atom is 0.337 e. The average Bonchev–Trinajstić information content (AvgIpc) is 2.70. The lowest BCUT2D eigenvalue weighted by Gasteiger charge is -2.29. The molecule has 0 aliphatic carbocycles. The number of nitro benzene ring substituents is 1. The minimum absolute atomic E-state index is 0.0129. The molecule has 8 nitrogen and oxygen atoms in total. The molecule has 0 N–H and O–H groups in total. The summed E-state index contributed by atoms with van der Waals surface area (Å²) >= 11 is 3.32. The number of benzene rings is 2. The van der Waals surface area contributed by atoms with Crippen molar-refractivity contribution in [2.24, 2.45) is 0 Å². The zero-order chi connectivity index (χ0) is 20.3. The highest BCUT2D eigenvalue weighted by atomic mass is 79.9. The van der Waals surface area contributed by atoms with Crippen LogP contribution in [0.4, 0.5) is 11.4 Å². The molecule has 9 heteroatoms. The fourth-order valence-corrected chi connectivity index (χ4v) is 3.53. The SMILES string of the molecule is COC(=O)c1ccc(OCC(=O)N2CCCc3cc([N+](=O)[O-])ccc32)c(Br)c1. The number of amides is 1. The molecule has 0 radical (unpaired) electrons. The van der Waals surface area contributed by atoms with Crippen LogP contribution in [0.2, 0.25) is 0 Å². The van der Waals surface area contributed by atoms with Gasteiger partial charge in [-0.1, -0.05) is 0 Å². The molecule has 0 aromatic heterocycles. The number of carbonyl (C=O) groups is 2. The van der Waals surface area contributed by atoms with E-state index in [-0.39, 0.29) is 18.2 Å². The predicted octanol–water partition coefficient (Wildman–Crippen LogP) is 3.50. The van der Waals surface area contributed by atoms with Gasteiger partial charge >= 0.3 is 5.97 Å². The number of nitrogens with zero attached hydrogens (tertiary/aromatic N) is 2. The van der Waals surface area contributed by atoms with Crippen LogP contribution >= 0.6 is 15.9 Å². The average molecular weight is 449 g/mol. The molecule has 146 valence electrons. The van der Waals surface area contributed by atoms with Crippen LogP contribution < -0.4 is 9.64 Å². The molecule has 0 atom stereocenters. The first kappa shape index (κ1) is 19.8. The van der Waals surface area contributed by atoms with Crippen molar-refractivity contribution in [3.8, 4) is 5.75 Å². The summed E-state index contributed by atoms with van der Waals surface area (Å²) in [7, 11) is 1.30. The third-order valence-corrected chi connectivity index (χ3v) is 5.02. The number of esters is 1. The number of hydrogen-bond donors (Lipinski definition) is 0. The Morgan fingerprint density at radius 3 is 2.71 bits per heavy atom. The molecule has 0 saturated carbocycles. The van der Waals surface area contributed by atoms with Gasteiger partial charge in [0, 0.05) is 24.4 Å². The molecule has 0 bridgehead atoms. The Hall–Kier alpha value is -2.94. The summed E-state index contributed by atoms with van der Waals surface area (Å²) in [6.07, 6.45) is 1.40. The van der Waals surface area contributed by atoms with Gasteiger partial charge in [-0.15, -0.1) is 0 Å². The van der Waals surface area contributed by atoms with Crippen LogP contribution in [0.3, 0.4) is 0 Å². The number of halogens is 1. The Morgan fingerprint density at radius 2 is 2.04 bits per heavy atom. The smallest absolute Gasteiger partial charge is 0.337 e. The molecule has 3 rings (SSSR count). The van der Waals surface area contributed by atoms with Gasteiger partial charge in [-0.3, -0.25) is 14.9 Å². The highest BCUT2D eigenvalue weighted by Crippen LogP contribution is 2.31. The number of hydrogen-bond acceptors (Lipinski definition) is 6. The number of methoxy groups -OCH3 is 1. The lowest BCUT2D eigenvalue weighted by molar-refractivity contribution is -0.384. The Bertz CT molecular complexity index is 946. The second kappa shape index (κ2) is 8.39. The van der Waals surface area contributed by atoms with Crippen LogP contribution in [-0.2, 0) is 16.0 Å². The number of fused-ring (bicyclic) bond motifs is 1. The molecule has 0 saturated heterocycles. The van der Waals surface area contributed by atoms with Crippen molar-refractivity contribution >= 4 is 39.2 Å². The van der Waals surface area contributed by atoms with Gasteiger partial charge in [0.1, 0.15) is 5.75 Å². The predicted molar refractivity (Wildman–Crippen MR) is 105 cm³/mol. The molecule has 28 heavy (non-hydrogen) atoms. The van der Waals surface area contributed by atoms with E-state index in [4.69, 9.17) is 4.74 Å². The number of anilines is 1. The van der Waals surface area contributed by atoms with Crippen molar-refractivity contribution in [1.29, 1.82) is 0 Å². The highest BCUT2D eigenvalue weighted by molar-refractivity contribution is 9.10. The van der Waals surface area contributed by atoms with Crippen molar-refractivity contribution in [2.45, 2.75) is 12.8 Å². The Kier molecular flexibility index (Phi) is 5.93. The second-order valence-corrected chi connectivity index (χ2v) is 7.00. The number of nitro groups is 1. The van der Waals surface area contributed by atoms with Gasteiger partial charge in [-0.2, -0.15) is 0 Å². The maximum absolute atomic E-state index is 12.7. The fraction of sp³-hybridized carbons (Fsp3) is 0.263. The molecule has 2 aromatic rings. The minimum atomic E-state index is -0.470. The van der Waals surface area contributed by atoms with Crippen LogP contribution in [-0.4, -0.2) is 37.1 Å². The molecule has 2 aromatic carbocycles. The monoisotopic (exact) mass is 448 g/mol. The van der Waals surface area contributed by atoms with E-state index in [1.54, 1.807) is 29.2 Å². The summed E-state index contributed by atoms with van der Waals surface area (Å²) in [6.45, 7) is 0.321. The second-order valence-electron chi connectivity index (χ2n) is 6.14. The van der Waals surface area contributed by atoms with Gasteiger partial charge in [-0.25, -0.2) is 4.79 Å². The molecule has 0 spiro atoms. The number of carbonyl (C=O) groups excluding carboxylic acids is 2. The van der Waals surface area contributed by atoms with E-state index in [0.717, 1.165) is 12.0 Å². The third-order valence-electron chi connectivity index (χ3n) is 4.40. The fourth-order valence-electron chi connectivity index (χ4n) is 3.04. The summed E-state index contributed by atoms with van der Waals surface area (Å²) in [5, 5.41) is 11.0. The molecule has 1 aliphatic rings. The van der Waals surface area contributed by atoms with Gasteiger partial charge in [-0.05, 0) is 58.6 Å². The van der Waals surface area contributed by atoms with Crippen LogP contribution in [0.1, 0.15) is 22.3 Å². The van der Waals surface area contributed by atoms with E-state index in [1.165, 1.54) is 19.2 Å². The van der Waals surface area contributed by atoms with Gasteiger partial charge in [0.15, 0.2) is 6.61 Å². The van der Waals surface area contributed by atoms with E-state index in [9.17, 15) is 19.7 Å². The molecule has 0 fully saturated rings. The topological polar surface area (TPSA) is 99.0 Å². The molecular weight excluding hydrogens is 432 g/mol. The van der Waals surface area contributed by atoms with E-state index >= 15 is 0 Å². The van der Waals surface area contributed by atoms with E-state index in [2.05, 4.69) is 20.7 Å². The number of aryl methyl sites for hydroxylation is 1. The van der Waals surface area contributed by atoms with E-state index in [0.29, 0.717) is 34.4 Å². The maximum atomic E-state index is 12.7. The zero-order valence-corrected chi connectivity index (χ0v) is 16.6. The normalized spacial score (nSPS) is 12.9. The first-order chi connectivity index (χ1) is 13.4. The van der Waals surface area contributed by atoms with Gasteiger partial charge in [0.2, 0.25) is 0 Å². The summed E-state index contributed by atoms with van der Waals surface area (Å²) in [4.78, 5) is 36.3. The van der Waals surface area contributed by atoms with Crippen molar-refractivity contribution in [3.05, 3.63) is 62.1 Å². The standard InChI is InChI=1S/C19H17BrN2O6/c1-27-19(24)13-4-7-17(15(20)10-13)28-11-18(23)21-8-2-3-12-9-14(22(25)26)5-6-16(12)21/h4-7,9-10H,2-3,8,11H2,1H3. The van der Waals surface area contributed by atoms with Crippen LogP contribution in [0, 0.1) is 10.1 Å². The highest BCUT2D eigenvalue weighted by Gasteiger charge is 2.25. The van der Waals surface area contributed by atoms with Crippen molar-refractivity contribution in [1.82, 2.24) is 0 Å². The molecule has 0 unspecified atom stereocenters. The summed E-state index contributed by atoms with van der Waals surface area (Å²) in [5.41, 5.74) is 1.82. The summed E-state index contributed by atoms with van der Waals surface area (Å²) in [6, 6.07) is 9.20. The van der Waals surface area contributed by atoms with Crippen molar-refractivity contribution in [3.63, 3.8) is 0 Å². The van der Waals surface area contributed by atoms with Crippen molar-refractivity contribution in [2.75, 3.05) is 25.2 Å². The molecular formula is C19H17BrN2O6. The molecule has 1 heterocycles. The molecule has 1 amide bonds. The third kappa shape index (κ3) is 4.14. The largest absolute Gasteiger partial charge is 0.483 e. The van der Waals surface area contributed by atoms with Crippen LogP contribution in [0.25, 0.3) is 0 Å². The number of ether oxygens (including phenoxy) is 2. The summed E-state index contributed by atoms with van der Waals surface area (Å²) < 4.78 is 10.8. The van der Waals surface area contributed by atoms with Gasteiger partial charge in [0.25, 0.3) is 11.6 Å². The minimum Gasteiger partial charge on any atom is -0.483 e. The Labute approximate surface area is 169 Å². The Morgan fingerprint density at radius 1 is 1.25 bits per heavy atom. The van der Waals surface area contributed by atoms with Crippen molar-refractivity contribution < 1.29 is 24.0 Å². The van der Waals surface area contributed by atoms with Crippen LogP contribution in [0.5, 0.6) is 5.75 Å². The van der Waals surface area contributed by atoms with Crippen LogP contribution in [0.15, 0.2) is 40.9 Å². The lowest BCUT2D eigenvalue weighted by atomic mass is 10.0. The lowest BCUT2D eigenvalue weighted by Crippen LogP contribution is -2.38. The quantitative estimate of drug-likeness (QED) is 0.394. The first-order valence-corrected chi connectivity index (χ1v) is 9.28. The Balaban J connectivity index is 1.71. The zero-order valence-electron chi connectivity index (χ0n) is 15.0. The van der Waals surface area contributed by atoms with Gasteiger partial charge in [0.05, 0.1) is 22.1 Å². The van der Waals surface area contributed by atoms with Gasteiger partial charge < -0.3 is 14.4 Å². The number of non-ortho nitro benzene ring substituents is 1. The number of rotatable bonds is 5.